The third-order valence-electron chi connectivity index (χ3n) is 2.68. The van der Waals surface area contributed by atoms with Crippen molar-refractivity contribution in [2.75, 3.05) is 11.4 Å². The molecule has 2 heterocycles. The summed E-state index contributed by atoms with van der Waals surface area (Å²) in [6.45, 7) is 4.58. The maximum Gasteiger partial charge on any atom is 0.0560 e. The lowest BCUT2D eigenvalue weighted by Gasteiger charge is -2.22. The van der Waals surface area contributed by atoms with Gasteiger partial charge in [0.2, 0.25) is 0 Å². The van der Waals surface area contributed by atoms with Crippen LogP contribution in [0.4, 0.5) is 5.69 Å². The van der Waals surface area contributed by atoms with Crippen LogP contribution in [-0.2, 0) is 13.1 Å². The SMILES string of the molecule is CCN(Cc1cccs1)c1ccnc(CN)c1. The summed E-state index contributed by atoms with van der Waals surface area (Å²) >= 11 is 1.79. The largest absolute Gasteiger partial charge is 0.367 e. The minimum atomic E-state index is 0.490. The van der Waals surface area contributed by atoms with E-state index >= 15 is 0 Å². The van der Waals surface area contributed by atoms with Crippen LogP contribution in [0.5, 0.6) is 0 Å². The van der Waals surface area contributed by atoms with E-state index in [1.54, 1.807) is 11.3 Å². The fraction of sp³-hybridized carbons (Fsp3) is 0.308. The first kappa shape index (κ1) is 12.1. The minimum absolute atomic E-state index is 0.490. The van der Waals surface area contributed by atoms with Gasteiger partial charge in [-0.1, -0.05) is 6.07 Å². The Morgan fingerprint density at radius 2 is 2.29 bits per heavy atom. The van der Waals surface area contributed by atoms with Crippen LogP contribution in [0, 0.1) is 0 Å². The number of hydrogen-bond donors (Lipinski definition) is 1. The number of aromatic nitrogens is 1. The predicted molar refractivity (Wildman–Crippen MR) is 73.2 cm³/mol. The second-order valence-electron chi connectivity index (χ2n) is 3.80. The topological polar surface area (TPSA) is 42.2 Å². The number of pyridine rings is 1. The molecule has 0 atom stereocenters. The van der Waals surface area contributed by atoms with Crippen LogP contribution < -0.4 is 10.6 Å². The van der Waals surface area contributed by atoms with Crippen molar-refractivity contribution in [3.05, 3.63) is 46.4 Å². The lowest BCUT2D eigenvalue weighted by molar-refractivity contribution is 0.836. The molecule has 2 aromatic heterocycles. The molecule has 2 aromatic rings. The molecule has 2 N–H and O–H groups in total. The van der Waals surface area contributed by atoms with Gasteiger partial charge in [0.15, 0.2) is 0 Å². The standard InChI is InChI=1S/C13H17N3S/c1-2-16(10-13-4-3-7-17-13)12-5-6-15-11(8-12)9-14/h3-8H,2,9-10,14H2,1H3. The van der Waals surface area contributed by atoms with E-state index in [-0.39, 0.29) is 0 Å². The number of nitrogens with zero attached hydrogens (tertiary/aromatic N) is 2. The molecule has 90 valence electrons. The van der Waals surface area contributed by atoms with Gasteiger partial charge in [-0.2, -0.15) is 0 Å². The quantitative estimate of drug-likeness (QED) is 0.883. The summed E-state index contributed by atoms with van der Waals surface area (Å²) in [7, 11) is 0. The first-order valence-corrected chi connectivity index (χ1v) is 6.63. The Labute approximate surface area is 106 Å². The van der Waals surface area contributed by atoms with Gasteiger partial charge < -0.3 is 10.6 Å². The molecule has 0 aliphatic carbocycles. The number of hydrogen-bond acceptors (Lipinski definition) is 4. The first-order valence-electron chi connectivity index (χ1n) is 5.75. The van der Waals surface area contributed by atoms with Crippen LogP contribution >= 0.6 is 11.3 Å². The predicted octanol–water partition coefficient (Wildman–Crippen LogP) is 2.63. The zero-order valence-corrected chi connectivity index (χ0v) is 10.8. The van der Waals surface area contributed by atoms with Gasteiger partial charge in [0.1, 0.15) is 0 Å². The maximum absolute atomic E-state index is 5.62. The maximum atomic E-state index is 5.62. The third-order valence-corrected chi connectivity index (χ3v) is 3.54. The normalized spacial score (nSPS) is 10.5. The molecule has 0 aliphatic heterocycles. The molecule has 0 unspecified atom stereocenters. The van der Waals surface area contributed by atoms with Gasteiger partial charge in [-0.25, -0.2) is 0 Å². The smallest absolute Gasteiger partial charge is 0.0560 e. The molecular formula is C13H17N3S. The summed E-state index contributed by atoms with van der Waals surface area (Å²) in [5, 5.41) is 2.11. The minimum Gasteiger partial charge on any atom is -0.367 e. The molecule has 0 bridgehead atoms. The molecule has 4 heteroatoms. The Hall–Kier alpha value is -1.39. The number of anilines is 1. The van der Waals surface area contributed by atoms with Gasteiger partial charge in [-0.15, -0.1) is 11.3 Å². The van der Waals surface area contributed by atoms with Crippen molar-refractivity contribution in [1.82, 2.24) is 4.98 Å². The fourth-order valence-corrected chi connectivity index (χ4v) is 2.47. The highest BCUT2D eigenvalue weighted by molar-refractivity contribution is 7.09. The van der Waals surface area contributed by atoms with E-state index in [4.69, 9.17) is 5.73 Å². The monoisotopic (exact) mass is 247 g/mol. The van der Waals surface area contributed by atoms with Crippen molar-refractivity contribution >= 4 is 17.0 Å². The molecule has 0 aliphatic rings. The number of rotatable bonds is 5. The van der Waals surface area contributed by atoms with Crippen LogP contribution in [0.1, 0.15) is 17.5 Å². The van der Waals surface area contributed by atoms with Crippen LogP contribution in [0.2, 0.25) is 0 Å². The molecule has 0 saturated carbocycles. The molecule has 3 nitrogen and oxygen atoms in total. The Bertz CT molecular complexity index is 453. The summed E-state index contributed by atoms with van der Waals surface area (Å²) < 4.78 is 0. The molecule has 0 aromatic carbocycles. The van der Waals surface area contributed by atoms with Crippen LogP contribution in [-0.4, -0.2) is 11.5 Å². The molecule has 17 heavy (non-hydrogen) atoms. The van der Waals surface area contributed by atoms with E-state index in [1.807, 2.05) is 12.3 Å². The summed E-state index contributed by atoms with van der Waals surface area (Å²) in [5.41, 5.74) is 7.75. The highest BCUT2D eigenvalue weighted by atomic mass is 32.1. The highest BCUT2D eigenvalue weighted by Gasteiger charge is 2.06. The van der Waals surface area contributed by atoms with Gasteiger partial charge >= 0.3 is 0 Å². The molecule has 0 saturated heterocycles. The van der Waals surface area contributed by atoms with E-state index in [2.05, 4.69) is 40.4 Å². The Morgan fingerprint density at radius 3 is 2.94 bits per heavy atom. The van der Waals surface area contributed by atoms with Gasteiger partial charge in [0.05, 0.1) is 12.2 Å². The fourth-order valence-electron chi connectivity index (χ4n) is 1.75. The average Bonchev–Trinajstić information content (AvgIpc) is 2.89. The summed E-state index contributed by atoms with van der Waals surface area (Å²) in [6.07, 6.45) is 1.83. The van der Waals surface area contributed by atoms with Crippen molar-refractivity contribution in [1.29, 1.82) is 0 Å². The van der Waals surface area contributed by atoms with E-state index in [0.29, 0.717) is 6.54 Å². The Morgan fingerprint density at radius 1 is 1.41 bits per heavy atom. The Balaban J connectivity index is 2.16. The van der Waals surface area contributed by atoms with E-state index in [0.717, 1.165) is 18.8 Å². The number of nitrogens with two attached hydrogens (primary N) is 1. The molecule has 0 fully saturated rings. The third kappa shape index (κ3) is 3.05. The lowest BCUT2D eigenvalue weighted by atomic mass is 10.2. The van der Waals surface area contributed by atoms with Crippen molar-refractivity contribution in [3.63, 3.8) is 0 Å². The highest BCUT2D eigenvalue weighted by Crippen LogP contribution is 2.19. The zero-order valence-electron chi connectivity index (χ0n) is 9.97. The molecule has 0 spiro atoms. The summed E-state index contributed by atoms with van der Waals surface area (Å²) in [6, 6.07) is 8.36. The second-order valence-corrected chi connectivity index (χ2v) is 4.84. The van der Waals surface area contributed by atoms with Gasteiger partial charge in [-0.3, -0.25) is 4.98 Å². The van der Waals surface area contributed by atoms with E-state index in [9.17, 15) is 0 Å². The van der Waals surface area contributed by atoms with Crippen LogP contribution in [0.15, 0.2) is 35.8 Å². The van der Waals surface area contributed by atoms with Gasteiger partial charge in [-0.05, 0) is 30.5 Å². The van der Waals surface area contributed by atoms with E-state index < -0.39 is 0 Å². The summed E-state index contributed by atoms with van der Waals surface area (Å²) in [5.74, 6) is 0. The number of thiophene rings is 1. The average molecular weight is 247 g/mol. The zero-order chi connectivity index (χ0) is 12.1. The Kier molecular flexibility index (Phi) is 4.12. The van der Waals surface area contributed by atoms with E-state index in [1.165, 1.54) is 10.6 Å². The second kappa shape index (κ2) is 5.80. The van der Waals surface area contributed by atoms with Crippen molar-refractivity contribution in [3.8, 4) is 0 Å². The van der Waals surface area contributed by atoms with Crippen molar-refractivity contribution in [2.24, 2.45) is 5.73 Å². The molecule has 2 rings (SSSR count). The van der Waals surface area contributed by atoms with Crippen LogP contribution in [0.25, 0.3) is 0 Å². The lowest BCUT2D eigenvalue weighted by Crippen LogP contribution is -2.21. The molecule has 0 amide bonds. The van der Waals surface area contributed by atoms with Crippen molar-refractivity contribution in [2.45, 2.75) is 20.0 Å². The molecular weight excluding hydrogens is 230 g/mol. The van der Waals surface area contributed by atoms with Gasteiger partial charge in [0.25, 0.3) is 0 Å². The van der Waals surface area contributed by atoms with Crippen molar-refractivity contribution < 1.29 is 0 Å². The summed E-state index contributed by atoms with van der Waals surface area (Å²) in [4.78, 5) is 7.92. The molecule has 0 radical (unpaired) electrons. The van der Waals surface area contributed by atoms with Crippen LogP contribution in [0.3, 0.4) is 0 Å². The first-order chi connectivity index (χ1) is 8.33. The van der Waals surface area contributed by atoms with Gasteiger partial charge in [0, 0.05) is 29.9 Å².